The summed E-state index contributed by atoms with van der Waals surface area (Å²) >= 11 is 5.36. The molecule has 0 spiro atoms. The molecule has 1 aromatic heterocycles. The molecular formula is C17H24N3O2S+. The van der Waals surface area contributed by atoms with E-state index in [1.165, 1.54) is 4.90 Å². The minimum Gasteiger partial charge on any atom is -0.494 e. The molecule has 2 aromatic rings. The number of ether oxygens (including phenoxy) is 1. The molecule has 0 saturated carbocycles. The topological polar surface area (TPSA) is 50.9 Å². The van der Waals surface area contributed by atoms with Gasteiger partial charge in [0.25, 0.3) is 0 Å². The molecule has 1 atom stereocenters. The Bertz CT molecular complexity index is 597. The van der Waals surface area contributed by atoms with Gasteiger partial charge in [0.05, 0.1) is 33.5 Å². The van der Waals surface area contributed by atoms with Crippen molar-refractivity contribution in [3.63, 3.8) is 0 Å². The summed E-state index contributed by atoms with van der Waals surface area (Å²) < 4.78 is 10.9. The van der Waals surface area contributed by atoms with E-state index in [-0.39, 0.29) is 6.04 Å². The summed E-state index contributed by atoms with van der Waals surface area (Å²) in [5.74, 6) is 1.80. The van der Waals surface area contributed by atoms with Crippen LogP contribution in [0.15, 0.2) is 47.1 Å². The van der Waals surface area contributed by atoms with E-state index in [0.717, 1.165) is 17.2 Å². The minimum atomic E-state index is 0.199. The molecule has 0 radical (unpaired) electrons. The van der Waals surface area contributed by atoms with Gasteiger partial charge in [-0.05, 0) is 55.5 Å². The Hall–Kier alpha value is -2.05. The van der Waals surface area contributed by atoms with E-state index < -0.39 is 0 Å². The summed E-state index contributed by atoms with van der Waals surface area (Å²) in [4.78, 5) is 1.27. The standard InChI is InChI=1S/C17H23N3O2S/c1-4-21-14-9-7-13(8-10-14)19-17(23)18-12-15(20(2)3)16-6-5-11-22-16/h5-11,15H,4,12H2,1-3H3,(H2,18,19,23)/p+1/t15-/m0/s1. The third-order valence-corrected chi connectivity index (χ3v) is 3.72. The lowest BCUT2D eigenvalue weighted by atomic mass is 10.2. The van der Waals surface area contributed by atoms with Crippen LogP contribution >= 0.6 is 12.2 Å². The van der Waals surface area contributed by atoms with Gasteiger partial charge in [-0.15, -0.1) is 0 Å². The summed E-state index contributed by atoms with van der Waals surface area (Å²) in [5, 5.41) is 7.01. The molecule has 0 bridgehead atoms. The van der Waals surface area contributed by atoms with Crippen LogP contribution < -0.4 is 20.3 Å². The van der Waals surface area contributed by atoms with Gasteiger partial charge in [0.1, 0.15) is 5.75 Å². The molecule has 2 rings (SSSR count). The number of quaternary nitrogens is 1. The second-order valence-electron chi connectivity index (χ2n) is 5.44. The molecule has 0 amide bonds. The van der Waals surface area contributed by atoms with Gasteiger partial charge >= 0.3 is 0 Å². The lowest BCUT2D eigenvalue weighted by Gasteiger charge is -2.20. The lowest BCUT2D eigenvalue weighted by molar-refractivity contribution is -0.891. The zero-order valence-electron chi connectivity index (χ0n) is 13.8. The van der Waals surface area contributed by atoms with Crippen LogP contribution in [0.5, 0.6) is 5.75 Å². The molecule has 0 unspecified atom stereocenters. The molecule has 124 valence electrons. The Morgan fingerprint density at radius 2 is 2.00 bits per heavy atom. The first-order chi connectivity index (χ1) is 11.1. The quantitative estimate of drug-likeness (QED) is 0.675. The van der Waals surface area contributed by atoms with Crippen LogP contribution in [0.25, 0.3) is 0 Å². The third-order valence-electron chi connectivity index (χ3n) is 3.47. The predicted octanol–water partition coefficient (Wildman–Crippen LogP) is 1.85. The largest absolute Gasteiger partial charge is 0.494 e. The molecular weight excluding hydrogens is 310 g/mol. The second-order valence-corrected chi connectivity index (χ2v) is 5.85. The smallest absolute Gasteiger partial charge is 0.171 e. The van der Waals surface area contributed by atoms with Crippen LogP contribution in [0.3, 0.4) is 0 Å². The predicted molar refractivity (Wildman–Crippen MR) is 96.1 cm³/mol. The van der Waals surface area contributed by atoms with Gasteiger partial charge in [-0.3, -0.25) is 0 Å². The minimum absolute atomic E-state index is 0.199. The first-order valence-electron chi connectivity index (χ1n) is 7.71. The molecule has 0 fully saturated rings. The number of hydrogen-bond donors (Lipinski definition) is 3. The average molecular weight is 334 g/mol. The maximum atomic E-state index is 5.51. The molecule has 0 aliphatic rings. The van der Waals surface area contributed by atoms with E-state index in [9.17, 15) is 0 Å². The van der Waals surface area contributed by atoms with E-state index in [4.69, 9.17) is 21.4 Å². The van der Waals surface area contributed by atoms with Gasteiger partial charge in [-0.2, -0.15) is 0 Å². The number of benzene rings is 1. The second kappa shape index (κ2) is 8.55. The van der Waals surface area contributed by atoms with Gasteiger partial charge in [-0.25, -0.2) is 0 Å². The fourth-order valence-electron chi connectivity index (χ4n) is 2.25. The highest BCUT2D eigenvalue weighted by Gasteiger charge is 2.20. The maximum absolute atomic E-state index is 5.51. The zero-order valence-corrected chi connectivity index (χ0v) is 14.6. The number of anilines is 1. The molecule has 3 N–H and O–H groups in total. The van der Waals surface area contributed by atoms with Crippen molar-refractivity contribution in [2.45, 2.75) is 13.0 Å². The SMILES string of the molecule is CCOc1ccc(NC(=S)NC[C@@H](c2ccco2)[NH+](C)C)cc1. The summed E-state index contributed by atoms with van der Waals surface area (Å²) in [6.45, 7) is 3.32. The van der Waals surface area contributed by atoms with Crippen molar-refractivity contribution in [2.75, 3.05) is 32.6 Å². The van der Waals surface area contributed by atoms with Crippen molar-refractivity contribution in [2.24, 2.45) is 0 Å². The van der Waals surface area contributed by atoms with Gasteiger partial charge in [0.2, 0.25) is 0 Å². The van der Waals surface area contributed by atoms with E-state index in [0.29, 0.717) is 18.3 Å². The first-order valence-corrected chi connectivity index (χ1v) is 8.12. The summed E-state index contributed by atoms with van der Waals surface area (Å²) in [5.41, 5.74) is 0.928. The van der Waals surface area contributed by atoms with E-state index in [1.54, 1.807) is 6.26 Å². The molecule has 1 aromatic carbocycles. The summed E-state index contributed by atoms with van der Waals surface area (Å²) in [7, 11) is 4.19. The van der Waals surface area contributed by atoms with Crippen LogP contribution in [0.1, 0.15) is 18.7 Å². The number of furan rings is 1. The van der Waals surface area contributed by atoms with Gasteiger partial charge in [0.15, 0.2) is 16.9 Å². The third kappa shape index (κ3) is 5.26. The van der Waals surface area contributed by atoms with E-state index in [2.05, 4.69) is 24.7 Å². The van der Waals surface area contributed by atoms with Crippen molar-refractivity contribution in [1.29, 1.82) is 0 Å². The van der Waals surface area contributed by atoms with Crippen molar-refractivity contribution in [3.05, 3.63) is 48.4 Å². The zero-order chi connectivity index (χ0) is 16.7. The van der Waals surface area contributed by atoms with Crippen LogP contribution in [0.4, 0.5) is 5.69 Å². The van der Waals surface area contributed by atoms with Gasteiger partial charge in [0, 0.05) is 5.69 Å². The molecule has 0 aliphatic heterocycles. The molecule has 5 nitrogen and oxygen atoms in total. The fraction of sp³-hybridized carbons (Fsp3) is 0.353. The molecule has 6 heteroatoms. The monoisotopic (exact) mass is 334 g/mol. The molecule has 1 heterocycles. The van der Waals surface area contributed by atoms with Gasteiger partial charge < -0.3 is 24.7 Å². The van der Waals surface area contributed by atoms with Crippen LogP contribution in [0.2, 0.25) is 0 Å². The number of likely N-dealkylation sites (N-methyl/N-ethyl adjacent to an activating group) is 1. The maximum Gasteiger partial charge on any atom is 0.171 e. The average Bonchev–Trinajstić information content (AvgIpc) is 3.03. The number of nitrogens with one attached hydrogen (secondary N) is 3. The van der Waals surface area contributed by atoms with Crippen molar-refractivity contribution >= 4 is 23.0 Å². The molecule has 0 aliphatic carbocycles. The molecule has 0 saturated heterocycles. The molecule has 23 heavy (non-hydrogen) atoms. The summed E-state index contributed by atoms with van der Waals surface area (Å²) in [6.07, 6.45) is 1.70. The Balaban J connectivity index is 1.86. The van der Waals surface area contributed by atoms with E-state index >= 15 is 0 Å². The fourth-order valence-corrected chi connectivity index (χ4v) is 2.45. The highest BCUT2D eigenvalue weighted by atomic mass is 32.1. The van der Waals surface area contributed by atoms with Crippen LogP contribution in [0, 0.1) is 0 Å². The number of thiocarbonyl (C=S) groups is 1. The number of rotatable bonds is 7. The highest BCUT2D eigenvalue weighted by Crippen LogP contribution is 2.15. The van der Waals surface area contributed by atoms with Gasteiger partial charge in [-0.1, -0.05) is 0 Å². The van der Waals surface area contributed by atoms with Crippen molar-refractivity contribution < 1.29 is 14.1 Å². The highest BCUT2D eigenvalue weighted by molar-refractivity contribution is 7.80. The Morgan fingerprint density at radius 1 is 1.26 bits per heavy atom. The van der Waals surface area contributed by atoms with Crippen LogP contribution in [-0.4, -0.2) is 32.4 Å². The van der Waals surface area contributed by atoms with E-state index in [1.807, 2.05) is 43.3 Å². The number of hydrogen-bond acceptors (Lipinski definition) is 3. The van der Waals surface area contributed by atoms with Crippen LogP contribution in [-0.2, 0) is 0 Å². The summed E-state index contributed by atoms with van der Waals surface area (Å²) in [6, 6.07) is 11.8. The Morgan fingerprint density at radius 3 is 2.57 bits per heavy atom. The van der Waals surface area contributed by atoms with Crippen molar-refractivity contribution in [1.82, 2.24) is 5.32 Å². The normalized spacial score (nSPS) is 12.0. The van der Waals surface area contributed by atoms with Crippen molar-refractivity contribution in [3.8, 4) is 5.75 Å². The Kier molecular flexibility index (Phi) is 6.43. The first kappa shape index (κ1) is 17.3. The lowest BCUT2D eigenvalue weighted by Crippen LogP contribution is -3.07. The Labute approximate surface area is 142 Å².